The minimum absolute atomic E-state index is 0. The van der Waals surface area contributed by atoms with Gasteiger partial charge in [0, 0.05) is 23.6 Å². The van der Waals surface area contributed by atoms with Crippen LogP contribution in [0, 0.1) is 0 Å². The molecule has 0 saturated heterocycles. The zero-order valence-electron chi connectivity index (χ0n) is 19.2. The highest BCUT2D eigenvalue weighted by atomic mass is 35.5. The number of methoxy groups -OCH3 is 1. The van der Waals surface area contributed by atoms with Crippen molar-refractivity contribution in [2.75, 3.05) is 12.8 Å². The molecule has 0 unspecified atom stereocenters. The predicted molar refractivity (Wildman–Crippen MR) is 119 cm³/mol. The van der Waals surface area contributed by atoms with Crippen LogP contribution in [0.15, 0.2) is 70.9 Å². The number of carbonyl (C=O) groups excluding carboxylic acids is 1. The summed E-state index contributed by atoms with van der Waals surface area (Å²) in [6, 6.07) is 16.7. The number of alkyl halides is 3. The highest BCUT2D eigenvalue weighted by molar-refractivity contribution is 5.68. The number of benzene rings is 2. The summed E-state index contributed by atoms with van der Waals surface area (Å²) in [5.41, 5.74) is 5.82. The number of halogens is 4. The molecule has 8 nitrogen and oxygen atoms in total. The Morgan fingerprint density at radius 1 is 1.03 bits per heavy atom. The quantitative estimate of drug-likeness (QED) is 0.338. The first-order valence-electron chi connectivity index (χ1n) is 10.8. The molecular formula is C24H23ClF3N5O3. The average molecular weight is 522 g/mol. The van der Waals surface area contributed by atoms with Gasteiger partial charge in [0.05, 0.1) is 7.11 Å². The molecule has 36 heavy (non-hydrogen) atoms. The van der Waals surface area contributed by atoms with Gasteiger partial charge in [-0.2, -0.15) is 13.2 Å². The number of hydrogen-bond acceptors (Lipinski definition) is 7. The van der Waals surface area contributed by atoms with E-state index in [1.165, 1.54) is 19.2 Å². The summed E-state index contributed by atoms with van der Waals surface area (Å²) in [6.45, 7) is 0.661. The van der Waals surface area contributed by atoms with E-state index in [4.69, 9.17) is 10.5 Å². The fourth-order valence-electron chi connectivity index (χ4n) is 3.44. The fraction of sp³-hybridized carbons (Fsp3) is 0.292. The largest absolute Gasteiger partial charge is 1.00 e. The van der Waals surface area contributed by atoms with E-state index >= 15 is 0 Å². The van der Waals surface area contributed by atoms with Gasteiger partial charge in [-0.05, 0) is 42.3 Å². The standard InChI is InChI=1S/C24H22F3N5O3.ClH/c1-34-22(33)3-2-14-32-21(28)13-12-20(29-32)17-6-10-19(11-7-17)35-15-16-4-8-18(9-5-16)23(30-31-23)24(25,26)27;/h4-13,28H,2-3,14-15H2,1H3;1H. The molecule has 2 heterocycles. The molecule has 2 N–H and O–H groups in total. The van der Waals surface area contributed by atoms with Crippen LogP contribution >= 0.6 is 0 Å². The lowest BCUT2D eigenvalue weighted by Gasteiger charge is -2.15. The number of nitrogens with two attached hydrogens (primary N) is 1. The number of ether oxygens (including phenoxy) is 2. The molecule has 0 saturated carbocycles. The maximum absolute atomic E-state index is 13.1. The molecule has 0 aliphatic carbocycles. The summed E-state index contributed by atoms with van der Waals surface area (Å²) in [5.74, 6) is 0.791. The van der Waals surface area contributed by atoms with Crippen molar-refractivity contribution in [3.05, 3.63) is 71.8 Å². The van der Waals surface area contributed by atoms with Gasteiger partial charge >= 0.3 is 17.8 Å². The van der Waals surface area contributed by atoms with Crippen molar-refractivity contribution >= 4 is 11.8 Å². The Hall–Kier alpha value is -3.73. The third kappa shape index (κ3) is 5.91. The lowest BCUT2D eigenvalue weighted by molar-refractivity contribution is -0.739. The third-order valence-electron chi connectivity index (χ3n) is 5.52. The molecule has 0 radical (unpaired) electrons. The lowest BCUT2D eigenvalue weighted by Crippen LogP contribution is -3.00. The van der Waals surface area contributed by atoms with Crippen molar-refractivity contribution in [3.63, 3.8) is 0 Å². The van der Waals surface area contributed by atoms with Crippen LogP contribution < -0.4 is 27.6 Å². The lowest BCUT2D eigenvalue weighted by atomic mass is 10.0. The zero-order valence-corrected chi connectivity index (χ0v) is 20.0. The van der Waals surface area contributed by atoms with Crippen LogP contribution in [0.2, 0.25) is 0 Å². The Balaban J connectivity index is 0.00000361. The molecule has 1 aliphatic heterocycles. The molecule has 0 fully saturated rings. The smallest absolute Gasteiger partial charge is 0.442 e. The van der Waals surface area contributed by atoms with Crippen molar-refractivity contribution < 1.29 is 44.5 Å². The Kier molecular flexibility index (Phi) is 8.13. The van der Waals surface area contributed by atoms with E-state index in [1.54, 1.807) is 41.1 Å². The minimum Gasteiger partial charge on any atom is -1.00 e. The summed E-state index contributed by atoms with van der Waals surface area (Å²) < 4.78 is 51.4. The molecule has 0 spiro atoms. The molecular weight excluding hydrogens is 499 g/mol. The second kappa shape index (κ2) is 10.9. The topological polar surface area (TPSA) is 103 Å². The van der Waals surface area contributed by atoms with Gasteiger partial charge in [0.1, 0.15) is 24.6 Å². The SMILES string of the molecule is COC(=O)CCC[n+]1nc(-c2ccc(OCc3ccc(C4(C(F)(F)F)N=N4)cc3)cc2)ccc1N.[Cl-]. The van der Waals surface area contributed by atoms with E-state index in [0.29, 0.717) is 35.8 Å². The van der Waals surface area contributed by atoms with E-state index in [2.05, 4.69) is 20.1 Å². The van der Waals surface area contributed by atoms with Crippen LogP contribution in [0.25, 0.3) is 11.3 Å². The summed E-state index contributed by atoms with van der Waals surface area (Å²) in [4.78, 5) is 11.3. The highest BCUT2D eigenvalue weighted by Gasteiger charge is 2.65. The van der Waals surface area contributed by atoms with Gasteiger partial charge in [0.15, 0.2) is 0 Å². The molecule has 1 aromatic heterocycles. The molecule has 2 aromatic carbocycles. The number of nitrogen functional groups attached to an aromatic ring is 1. The first-order valence-corrected chi connectivity index (χ1v) is 10.8. The zero-order chi connectivity index (χ0) is 25.1. The number of nitrogens with zero attached hydrogens (tertiary/aromatic N) is 4. The molecule has 190 valence electrons. The predicted octanol–water partition coefficient (Wildman–Crippen LogP) is 1.34. The summed E-state index contributed by atoms with van der Waals surface area (Å²) in [6.07, 6.45) is -3.72. The van der Waals surface area contributed by atoms with Crippen molar-refractivity contribution in [1.82, 2.24) is 5.10 Å². The monoisotopic (exact) mass is 521 g/mol. The van der Waals surface area contributed by atoms with Gasteiger partial charge in [0.25, 0.3) is 5.82 Å². The first kappa shape index (κ1) is 26.9. The normalized spacial score (nSPS) is 13.6. The number of esters is 1. The molecule has 3 aromatic rings. The van der Waals surface area contributed by atoms with Crippen LogP contribution in [0.4, 0.5) is 19.0 Å². The summed E-state index contributed by atoms with van der Waals surface area (Å²) in [5, 5.41) is 10.9. The second-order valence-electron chi connectivity index (χ2n) is 7.93. The van der Waals surface area contributed by atoms with Gasteiger partial charge < -0.3 is 21.9 Å². The number of aromatic nitrogens is 2. The van der Waals surface area contributed by atoms with Crippen LogP contribution in [0.1, 0.15) is 24.0 Å². The molecule has 12 heteroatoms. The number of hydrogen-bond donors (Lipinski definition) is 1. The van der Waals surface area contributed by atoms with Gasteiger partial charge in [-0.25, -0.2) is 0 Å². The van der Waals surface area contributed by atoms with Crippen LogP contribution in [-0.4, -0.2) is 24.4 Å². The Labute approximate surface area is 211 Å². The van der Waals surface area contributed by atoms with Gasteiger partial charge in [-0.3, -0.25) is 10.5 Å². The molecule has 1 aliphatic rings. The van der Waals surface area contributed by atoms with Gasteiger partial charge in [0.2, 0.25) is 0 Å². The maximum atomic E-state index is 13.1. The summed E-state index contributed by atoms with van der Waals surface area (Å²) >= 11 is 0. The van der Waals surface area contributed by atoms with E-state index in [9.17, 15) is 18.0 Å². The third-order valence-corrected chi connectivity index (χ3v) is 5.52. The molecule has 0 atom stereocenters. The van der Waals surface area contributed by atoms with Crippen LogP contribution in [0.5, 0.6) is 5.75 Å². The number of anilines is 1. The van der Waals surface area contributed by atoms with E-state index in [0.717, 1.165) is 5.56 Å². The second-order valence-corrected chi connectivity index (χ2v) is 7.93. The fourth-order valence-corrected chi connectivity index (χ4v) is 3.44. The summed E-state index contributed by atoms with van der Waals surface area (Å²) in [7, 11) is 1.35. The maximum Gasteiger partial charge on any atom is 0.442 e. The van der Waals surface area contributed by atoms with E-state index in [1.807, 2.05) is 12.1 Å². The Morgan fingerprint density at radius 2 is 1.69 bits per heavy atom. The molecule has 0 bridgehead atoms. The molecule has 4 rings (SSSR count). The Bertz CT molecular complexity index is 1230. The van der Waals surface area contributed by atoms with E-state index < -0.39 is 11.8 Å². The Morgan fingerprint density at radius 3 is 2.28 bits per heavy atom. The van der Waals surface area contributed by atoms with E-state index in [-0.39, 0.29) is 37.0 Å². The van der Waals surface area contributed by atoms with Crippen molar-refractivity contribution in [1.29, 1.82) is 0 Å². The number of aryl methyl sites for hydroxylation is 1. The van der Waals surface area contributed by atoms with Crippen molar-refractivity contribution in [2.24, 2.45) is 10.2 Å². The van der Waals surface area contributed by atoms with Crippen molar-refractivity contribution in [3.8, 4) is 17.0 Å². The van der Waals surface area contributed by atoms with Crippen LogP contribution in [-0.2, 0) is 28.3 Å². The van der Waals surface area contributed by atoms with Gasteiger partial charge in [-0.1, -0.05) is 29.4 Å². The van der Waals surface area contributed by atoms with Crippen LogP contribution in [0.3, 0.4) is 0 Å². The minimum atomic E-state index is -4.55. The molecule has 0 amide bonds. The first-order chi connectivity index (χ1) is 16.7. The number of rotatable bonds is 9. The number of carbonyl (C=O) groups is 1. The highest BCUT2D eigenvalue weighted by Crippen LogP contribution is 2.52. The van der Waals surface area contributed by atoms with Crippen molar-refractivity contribution in [2.45, 2.75) is 37.8 Å². The van der Waals surface area contributed by atoms with Gasteiger partial charge in [-0.15, -0.1) is 14.9 Å². The average Bonchev–Trinajstić information content (AvgIpc) is 3.67.